The Kier molecular flexibility index (Phi) is 3.92. The molecule has 0 aromatic heterocycles. The van der Waals surface area contributed by atoms with Crippen LogP contribution in [0.5, 0.6) is 5.75 Å². The number of hydrogen-bond donors (Lipinski definition) is 0. The Morgan fingerprint density at radius 3 is 3.00 bits per heavy atom. The molecule has 1 aromatic rings. The summed E-state index contributed by atoms with van der Waals surface area (Å²) in [5, 5.41) is 0. The number of rotatable bonds is 3. The van der Waals surface area contributed by atoms with Gasteiger partial charge in [-0.15, -0.1) is 0 Å². The Labute approximate surface area is 119 Å². The van der Waals surface area contributed by atoms with E-state index in [1.54, 1.807) is 7.11 Å². The zero-order chi connectivity index (χ0) is 13.9. The third-order valence-electron chi connectivity index (χ3n) is 4.22. The number of amides is 1. The molecular weight excluding hydrogens is 254 g/mol. The van der Waals surface area contributed by atoms with Gasteiger partial charge in [-0.1, -0.05) is 12.1 Å². The van der Waals surface area contributed by atoms with Crippen molar-refractivity contribution in [1.82, 2.24) is 4.90 Å². The number of hydrogen-bond acceptors (Lipinski definition) is 3. The lowest BCUT2D eigenvalue weighted by Gasteiger charge is -2.27. The van der Waals surface area contributed by atoms with Crippen LogP contribution in [0.2, 0.25) is 0 Å². The first-order valence-electron chi connectivity index (χ1n) is 7.35. The van der Waals surface area contributed by atoms with Gasteiger partial charge in [-0.3, -0.25) is 4.79 Å². The molecule has 0 bridgehead atoms. The Bertz CT molecular complexity index is 482. The molecule has 0 spiro atoms. The van der Waals surface area contributed by atoms with Crippen molar-refractivity contribution in [2.24, 2.45) is 0 Å². The van der Waals surface area contributed by atoms with E-state index in [9.17, 15) is 4.79 Å². The summed E-state index contributed by atoms with van der Waals surface area (Å²) >= 11 is 0. The molecule has 20 heavy (non-hydrogen) atoms. The monoisotopic (exact) mass is 275 g/mol. The van der Waals surface area contributed by atoms with Crippen LogP contribution in [0.4, 0.5) is 0 Å². The number of ether oxygens (including phenoxy) is 2. The van der Waals surface area contributed by atoms with Gasteiger partial charge < -0.3 is 14.4 Å². The van der Waals surface area contributed by atoms with Crippen LogP contribution in [0.15, 0.2) is 24.3 Å². The van der Waals surface area contributed by atoms with E-state index in [2.05, 4.69) is 6.07 Å². The molecule has 108 valence electrons. The van der Waals surface area contributed by atoms with Crippen molar-refractivity contribution >= 4 is 5.91 Å². The molecular formula is C16H21NO3. The van der Waals surface area contributed by atoms with Gasteiger partial charge in [0.1, 0.15) is 11.9 Å². The molecule has 1 amide bonds. The van der Waals surface area contributed by atoms with Crippen molar-refractivity contribution in [2.75, 3.05) is 20.3 Å². The normalized spacial score (nSPS) is 25.9. The Morgan fingerprint density at radius 1 is 1.35 bits per heavy atom. The van der Waals surface area contributed by atoms with E-state index < -0.39 is 0 Å². The summed E-state index contributed by atoms with van der Waals surface area (Å²) in [7, 11) is 1.67. The van der Waals surface area contributed by atoms with Crippen LogP contribution in [0.1, 0.15) is 37.3 Å². The van der Waals surface area contributed by atoms with Gasteiger partial charge in [0.15, 0.2) is 0 Å². The standard InChI is InChI=1S/C16H21NO3/c1-19-13-6-2-5-12(11-13)14-7-3-9-17(14)16(18)15-8-4-10-20-15/h2,5-6,11,14-15H,3-4,7-10H2,1H3. The summed E-state index contributed by atoms with van der Waals surface area (Å²) in [5.41, 5.74) is 1.16. The second-order valence-corrected chi connectivity index (χ2v) is 5.47. The SMILES string of the molecule is COc1cccc(C2CCCN2C(=O)C2CCCO2)c1. The van der Waals surface area contributed by atoms with Crippen LogP contribution in [0.3, 0.4) is 0 Å². The third-order valence-corrected chi connectivity index (χ3v) is 4.22. The molecule has 3 rings (SSSR count). The predicted molar refractivity (Wildman–Crippen MR) is 75.7 cm³/mol. The lowest BCUT2D eigenvalue weighted by molar-refractivity contribution is -0.141. The van der Waals surface area contributed by atoms with Crippen LogP contribution < -0.4 is 4.74 Å². The van der Waals surface area contributed by atoms with E-state index in [0.717, 1.165) is 43.5 Å². The minimum absolute atomic E-state index is 0.160. The lowest BCUT2D eigenvalue weighted by atomic mass is 10.0. The second-order valence-electron chi connectivity index (χ2n) is 5.47. The summed E-state index contributed by atoms with van der Waals surface area (Å²) in [6.45, 7) is 1.55. The Balaban J connectivity index is 1.79. The molecule has 2 fully saturated rings. The van der Waals surface area contributed by atoms with Crippen molar-refractivity contribution in [1.29, 1.82) is 0 Å². The molecule has 0 aliphatic carbocycles. The highest BCUT2D eigenvalue weighted by atomic mass is 16.5. The van der Waals surface area contributed by atoms with E-state index in [1.807, 2.05) is 23.1 Å². The minimum Gasteiger partial charge on any atom is -0.497 e. The molecule has 4 heteroatoms. The van der Waals surface area contributed by atoms with Crippen molar-refractivity contribution in [2.45, 2.75) is 37.8 Å². The molecule has 0 saturated carbocycles. The number of carbonyl (C=O) groups excluding carboxylic acids is 1. The Hall–Kier alpha value is -1.55. The number of benzene rings is 1. The number of nitrogens with zero attached hydrogens (tertiary/aromatic N) is 1. The van der Waals surface area contributed by atoms with Crippen molar-refractivity contribution in [3.05, 3.63) is 29.8 Å². The van der Waals surface area contributed by atoms with Gasteiger partial charge in [0, 0.05) is 13.2 Å². The van der Waals surface area contributed by atoms with Gasteiger partial charge in [0.05, 0.1) is 13.2 Å². The van der Waals surface area contributed by atoms with Crippen LogP contribution in [0.25, 0.3) is 0 Å². The predicted octanol–water partition coefficient (Wildman–Crippen LogP) is 2.54. The quantitative estimate of drug-likeness (QED) is 0.851. The first-order chi connectivity index (χ1) is 9.79. The molecule has 4 nitrogen and oxygen atoms in total. The van der Waals surface area contributed by atoms with Crippen LogP contribution in [-0.2, 0) is 9.53 Å². The minimum atomic E-state index is -0.221. The first-order valence-corrected chi connectivity index (χ1v) is 7.35. The Morgan fingerprint density at radius 2 is 2.25 bits per heavy atom. The highest BCUT2D eigenvalue weighted by molar-refractivity contribution is 5.82. The fraction of sp³-hybridized carbons (Fsp3) is 0.562. The summed E-state index contributed by atoms with van der Waals surface area (Å²) < 4.78 is 10.8. The maximum absolute atomic E-state index is 12.6. The summed E-state index contributed by atoms with van der Waals surface area (Å²) in [4.78, 5) is 14.5. The topological polar surface area (TPSA) is 38.8 Å². The second kappa shape index (κ2) is 5.83. The highest BCUT2D eigenvalue weighted by Gasteiger charge is 2.35. The molecule has 0 radical (unpaired) electrons. The largest absolute Gasteiger partial charge is 0.497 e. The molecule has 1 aromatic carbocycles. The van der Waals surface area contributed by atoms with E-state index in [4.69, 9.17) is 9.47 Å². The fourth-order valence-electron chi connectivity index (χ4n) is 3.18. The average molecular weight is 275 g/mol. The van der Waals surface area contributed by atoms with Gasteiger partial charge in [0.25, 0.3) is 5.91 Å². The molecule has 2 aliphatic heterocycles. The number of carbonyl (C=O) groups is 1. The molecule has 2 aliphatic rings. The van der Waals surface area contributed by atoms with Gasteiger partial charge in [0.2, 0.25) is 0 Å². The number of methoxy groups -OCH3 is 1. The molecule has 2 heterocycles. The van der Waals surface area contributed by atoms with Crippen molar-refractivity contribution in [3.63, 3.8) is 0 Å². The van der Waals surface area contributed by atoms with Gasteiger partial charge in [-0.2, -0.15) is 0 Å². The van der Waals surface area contributed by atoms with E-state index in [0.29, 0.717) is 6.61 Å². The summed E-state index contributed by atoms with van der Waals surface area (Å²) in [6, 6.07) is 8.20. The van der Waals surface area contributed by atoms with E-state index in [1.165, 1.54) is 0 Å². The molecule has 2 unspecified atom stereocenters. The lowest BCUT2D eigenvalue weighted by Crippen LogP contribution is -2.38. The third kappa shape index (κ3) is 2.52. The zero-order valence-corrected chi connectivity index (χ0v) is 11.9. The summed E-state index contributed by atoms with van der Waals surface area (Å²) in [6.07, 6.45) is 3.71. The van der Waals surface area contributed by atoms with E-state index >= 15 is 0 Å². The molecule has 2 atom stereocenters. The zero-order valence-electron chi connectivity index (χ0n) is 11.9. The van der Waals surface area contributed by atoms with Gasteiger partial charge in [-0.25, -0.2) is 0 Å². The number of likely N-dealkylation sites (tertiary alicyclic amines) is 1. The summed E-state index contributed by atoms with van der Waals surface area (Å²) in [5.74, 6) is 1.01. The van der Waals surface area contributed by atoms with Gasteiger partial charge in [-0.05, 0) is 43.4 Å². The van der Waals surface area contributed by atoms with Crippen molar-refractivity contribution < 1.29 is 14.3 Å². The first kappa shape index (κ1) is 13.4. The van der Waals surface area contributed by atoms with Crippen LogP contribution in [-0.4, -0.2) is 37.2 Å². The smallest absolute Gasteiger partial charge is 0.252 e. The maximum atomic E-state index is 12.6. The fourth-order valence-corrected chi connectivity index (χ4v) is 3.18. The molecule has 0 N–H and O–H groups in total. The van der Waals surface area contributed by atoms with Crippen LogP contribution in [0, 0.1) is 0 Å². The van der Waals surface area contributed by atoms with Crippen molar-refractivity contribution in [3.8, 4) is 5.75 Å². The molecule has 2 saturated heterocycles. The maximum Gasteiger partial charge on any atom is 0.252 e. The average Bonchev–Trinajstić information content (AvgIpc) is 3.17. The van der Waals surface area contributed by atoms with Crippen LogP contribution >= 0.6 is 0 Å². The highest BCUT2D eigenvalue weighted by Crippen LogP contribution is 2.34. The van der Waals surface area contributed by atoms with E-state index in [-0.39, 0.29) is 18.1 Å². The van der Waals surface area contributed by atoms with Gasteiger partial charge >= 0.3 is 0 Å².